The summed E-state index contributed by atoms with van der Waals surface area (Å²) in [7, 11) is -2.81. The van der Waals surface area contributed by atoms with Crippen molar-refractivity contribution in [2.75, 3.05) is 40.6 Å². The van der Waals surface area contributed by atoms with Gasteiger partial charge in [0.05, 0.1) is 23.2 Å². The Labute approximate surface area is 192 Å². The predicted octanol–water partition coefficient (Wildman–Crippen LogP) is 2.95. The minimum absolute atomic E-state index is 0.0917. The number of piperidine rings is 1. The monoisotopic (exact) mass is 445 g/mol. The highest BCUT2D eigenvalue weighted by molar-refractivity contribution is 5.79. The average molecular weight is 446 g/mol. The van der Waals surface area contributed by atoms with E-state index in [1.165, 1.54) is 24.3 Å². The Balaban J connectivity index is 1.98. The Kier molecular flexibility index (Phi) is 4.12. The molecule has 3 rings (SSSR count). The molecule has 0 bridgehead atoms. The highest BCUT2D eigenvalue weighted by Crippen LogP contribution is 2.39. The predicted molar refractivity (Wildman–Crippen MR) is 110 cm³/mol. The minimum Gasteiger partial charge on any atom is -0.497 e. The molecule has 1 aliphatic rings. The summed E-state index contributed by atoms with van der Waals surface area (Å²) in [6.45, 7) is -7.56. The van der Waals surface area contributed by atoms with Crippen molar-refractivity contribution in [2.45, 2.75) is 18.4 Å². The van der Waals surface area contributed by atoms with E-state index in [-0.39, 0.29) is 29.2 Å². The van der Waals surface area contributed by atoms with Crippen LogP contribution in [0.3, 0.4) is 0 Å². The van der Waals surface area contributed by atoms with Gasteiger partial charge in [-0.05, 0) is 44.1 Å². The molecule has 0 unspecified atom stereocenters. The molecule has 2 aromatic carbocycles. The Morgan fingerprint density at radius 3 is 2.77 bits per heavy atom. The third-order valence-electron chi connectivity index (χ3n) is 5.52. The van der Waals surface area contributed by atoms with E-state index in [1.54, 1.807) is 0 Å². The lowest BCUT2D eigenvalue weighted by molar-refractivity contribution is -0.141. The molecular weight excluding hydrogens is 409 g/mol. The lowest BCUT2D eigenvalue weighted by Crippen LogP contribution is -2.54. The number of halogens is 3. The summed E-state index contributed by atoms with van der Waals surface area (Å²) in [5.41, 5.74) is -2.29. The fourth-order valence-electron chi connectivity index (χ4n) is 3.86. The SMILES string of the molecule is [2H]C([2H])([2H])Oc1cccc([C@]2(O)CCN(C(=O)Cc3cc(F)c(F)cc3F)C[C@H]2CN(C([2H])([2H])[2H])C([2H])([2H])[2H])c1. The second-order valence-corrected chi connectivity index (χ2v) is 7.49. The molecule has 1 N–H and O–H groups in total. The van der Waals surface area contributed by atoms with Crippen LogP contribution in [0.5, 0.6) is 5.75 Å². The number of hydrogen-bond acceptors (Lipinski definition) is 4. The van der Waals surface area contributed by atoms with Gasteiger partial charge in [-0.15, -0.1) is 0 Å². The summed E-state index contributed by atoms with van der Waals surface area (Å²) in [4.78, 5) is 14.4. The van der Waals surface area contributed by atoms with E-state index in [0.29, 0.717) is 12.1 Å². The molecular formula is C23H27F3N2O3. The lowest BCUT2D eigenvalue weighted by Gasteiger charge is -2.46. The van der Waals surface area contributed by atoms with Gasteiger partial charge < -0.3 is 19.6 Å². The molecule has 1 amide bonds. The summed E-state index contributed by atoms with van der Waals surface area (Å²) >= 11 is 0. The lowest BCUT2D eigenvalue weighted by atomic mass is 9.75. The number of hydrogen-bond donors (Lipinski definition) is 1. The van der Waals surface area contributed by atoms with Crippen molar-refractivity contribution in [3.63, 3.8) is 0 Å². The van der Waals surface area contributed by atoms with Gasteiger partial charge >= 0.3 is 0 Å². The molecule has 8 heteroatoms. The van der Waals surface area contributed by atoms with Crippen molar-refractivity contribution >= 4 is 5.91 Å². The van der Waals surface area contributed by atoms with Gasteiger partial charge in [0.25, 0.3) is 0 Å². The summed E-state index contributed by atoms with van der Waals surface area (Å²) in [5.74, 6) is -6.11. The zero-order valence-corrected chi connectivity index (χ0v) is 16.4. The van der Waals surface area contributed by atoms with Crippen molar-refractivity contribution in [3.8, 4) is 5.75 Å². The van der Waals surface area contributed by atoms with Crippen molar-refractivity contribution in [2.24, 2.45) is 5.92 Å². The molecule has 1 saturated heterocycles. The molecule has 31 heavy (non-hydrogen) atoms. The third-order valence-corrected chi connectivity index (χ3v) is 5.52. The van der Waals surface area contributed by atoms with Crippen molar-refractivity contribution in [1.29, 1.82) is 0 Å². The zero-order chi connectivity index (χ0) is 30.3. The topological polar surface area (TPSA) is 53.0 Å². The summed E-state index contributed by atoms with van der Waals surface area (Å²) < 4.78 is 114. The highest BCUT2D eigenvalue weighted by atomic mass is 19.2. The van der Waals surface area contributed by atoms with E-state index in [1.807, 2.05) is 0 Å². The van der Waals surface area contributed by atoms with E-state index < -0.39 is 80.9 Å². The molecule has 0 aromatic heterocycles. The molecule has 2 aromatic rings. The maximum atomic E-state index is 14.2. The largest absolute Gasteiger partial charge is 0.497 e. The van der Waals surface area contributed by atoms with Gasteiger partial charge in [0.1, 0.15) is 11.6 Å². The summed E-state index contributed by atoms with van der Waals surface area (Å²) in [6, 6.07) is 6.20. The second kappa shape index (κ2) is 9.28. The van der Waals surface area contributed by atoms with Crippen LogP contribution >= 0.6 is 0 Å². The number of carbonyl (C=O) groups excluding carboxylic acids is 1. The number of benzene rings is 2. The van der Waals surface area contributed by atoms with Crippen LogP contribution in [0.4, 0.5) is 13.2 Å². The van der Waals surface area contributed by atoms with Crippen LogP contribution in [0.2, 0.25) is 0 Å². The van der Waals surface area contributed by atoms with Gasteiger partial charge in [0.15, 0.2) is 11.6 Å². The van der Waals surface area contributed by atoms with Gasteiger partial charge in [-0.3, -0.25) is 4.79 Å². The van der Waals surface area contributed by atoms with Crippen LogP contribution in [0.25, 0.3) is 0 Å². The van der Waals surface area contributed by atoms with Crippen LogP contribution in [0, 0.1) is 23.4 Å². The van der Waals surface area contributed by atoms with Crippen LogP contribution < -0.4 is 4.74 Å². The van der Waals surface area contributed by atoms with Gasteiger partial charge in [-0.2, -0.15) is 0 Å². The molecule has 168 valence electrons. The van der Waals surface area contributed by atoms with Crippen LogP contribution in [0.1, 0.15) is 29.9 Å². The number of aliphatic hydroxyl groups is 1. The van der Waals surface area contributed by atoms with Crippen LogP contribution in [0.15, 0.2) is 36.4 Å². The van der Waals surface area contributed by atoms with Gasteiger partial charge in [0, 0.05) is 45.4 Å². The zero-order valence-electron chi connectivity index (χ0n) is 25.4. The fourth-order valence-corrected chi connectivity index (χ4v) is 3.86. The van der Waals surface area contributed by atoms with Crippen molar-refractivity contribution in [3.05, 3.63) is 65.0 Å². The van der Waals surface area contributed by atoms with E-state index >= 15 is 0 Å². The first-order valence-corrected chi connectivity index (χ1v) is 9.41. The number of carbonyl (C=O) groups is 1. The number of amides is 1. The van der Waals surface area contributed by atoms with E-state index in [9.17, 15) is 23.1 Å². The second-order valence-electron chi connectivity index (χ2n) is 7.49. The quantitative estimate of drug-likeness (QED) is 0.695. The third kappa shape index (κ3) is 5.02. The van der Waals surface area contributed by atoms with Gasteiger partial charge in [0.2, 0.25) is 5.91 Å². The fraction of sp³-hybridized carbons (Fsp3) is 0.435. The molecule has 1 fully saturated rings. The Bertz CT molecular complexity index is 1230. The molecule has 0 saturated carbocycles. The summed E-state index contributed by atoms with van der Waals surface area (Å²) in [5, 5.41) is 11.8. The normalized spacial score (nSPS) is 26.9. The number of methoxy groups -OCH3 is 1. The smallest absolute Gasteiger partial charge is 0.227 e. The molecule has 0 radical (unpaired) electrons. The van der Waals surface area contributed by atoms with Gasteiger partial charge in [-0.25, -0.2) is 13.2 Å². The summed E-state index contributed by atoms with van der Waals surface area (Å²) in [6.07, 6.45) is -0.935. The minimum atomic E-state index is -3.13. The first-order valence-electron chi connectivity index (χ1n) is 13.9. The molecule has 0 aliphatic carbocycles. The standard InChI is InChI=1S/C23H27F3N2O3/c1-27(2)13-17-14-28(22(29)10-15-9-20(25)21(26)12-19(15)24)8-7-23(17,30)16-5-4-6-18(11-16)31-3/h4-6,9,11-12,17,30H,7-8,10,13-14H2,1-3H3/t17-,23-/m1/s1/i1D3,2D3,3D3. The molecule has 2 atom stereocenters. The number of nitrogens with zero attached hydrogens (tertiary/aromatic N) is 2. The Morgan fingerprint density at radius 2 is 2.03 bits per heavy atom. The molecule has 1 heterocycles. The maximum Gasteiger partial charge on any atom is 0.227 e. The Hall–Kier alpha value is -2.58. The molecule has 5 nitrogen and oxygen atoms in total. The van der Waals surface area contributed by atoms with Crippen LogP contribution in [-0.4, -0.2) is 61.4 Å². The van der Waals surface area contributed by atoms with Crippen molar-refractivity contribution in [1.82, 2.24) is 9.80 Å². The highest BCUT2D eigenvalue weighted by Gasteiger charge is 2.44. The van der Waals surface area contributed by atoms with E-state index in [0.717, 1.165) is 4.90 Å². The molecule has 0 spiro atoms. The van der Waals surface area contributed by atoms with Gasteiger partial charge in [-0.1, -0.05) is 12.1 Å². The molecule has 1 aliphatic heterocycles. The van der Waals surface area contributed by atoms with Crippen molar-refractivity contribution < 1.29 is 40.1 Å². The van der Waals surface area contributed by atoms with E-state index in [4.69, 9.17) is 17.1 Å². The Morgan fingerprint density at radius 1 is 1.26 bits per heavy atom. The first kappa shape index (κ1) is 13.8. The number of rotatable bonds is 6. The first-order chi connectivity index (χ1) is 18.2. The number of likely N-dealkylation sites (tertiary alicyclic amines) is 1. The average Bonchev–Trinajstić information content (AvgIpc) is 2.79. The van der Waals surface area contributed by atoms with Crippen LogP contribution in [-0.2, 0) is 16.8 Å². The van der Waals surface area contributed by atoms with E-state index in [2.05, 4.69) is 0 Å². The maximum absolute atomic E-state index is 14.2. The number of ether oxygens (including phenoxy) is 1.